The zero-order valence-electron chi connectivity index (χ0n) is 14.8. The summed E-state index contributed by atoms with van der Waals surface area (Å²) in [4.78, 5) is 14.7. The number of ether oxygens (including phenoxy) is 1. The molecule has 1 amide bonds. The zero-order chi connectivity index (χ0) is 16.2. The Bertz CT molecular complexity index is 531. The van der Waals surface area contributed by atoms with Gasteiger partial charge in [-0.25, -0.2) is 0 Å². The number of furan rings is 1. The lowest BCUT2D eigenvalue weighted by Crippen LogP contribution is -2.50. The van der Waals surface area contributed by atoms with Gasteiger partial charge in [0.05, 0.1) is 19.3 Å². The molecule has 3 rings (SSSR count). The van der Waals surface area contributed by atoms with Crippen molar-refractivity contribution in [3.63, 3.8) is 0 Å². The highest BCUT2D eigenvalue weighted by Crippen LogP contribution is 2.24. The molecule has 0 aromatic carbocycles. The van der Waals surface area contributed by atoms with Crippen LogP contribution in [0.3, 0.4) is 0 Å². The molecule has 0 saturated carbocycles. The number of halogens is 2. The van der Waals surface area contributed by atoms with Crippen LogP contribution in [0, 0.1) is 18.8 Å². The Morgan fingerprint density at radius 1 is 1.32 bits per heavy atom. The second-order valence-corrected chi connectivity index (χ2v) is 6.56. The number of nitrogens with one attached hydrogen (secondary N) is 2. The number of amides is 1. The maximum absolute atomic E-state index is 12.4. The van der Waals surface area contributed by atoms with Gasteiger partial charge in [-0.3, -0.25) is 9.69 Å². The van der Waals surface area contributed by atoms with Crippen molar-refractivity contribution in [2.24, 2.45) is 11.8 Å². The molecule has 0 radical (unpaired) electrons. The minimum absolute atomic E-state index is 0. The van der Waals surface area contributed by atoms with E-state index in [0.29, 0.717) is 12.5 Å². The lowest BCUT2D eigenvalue weighted by molar-refractivity contribution is -0.127. The van der Waals surface area contributed by atoms with E-state index in [-0.39, 0.29) is 42.7 Å². The first-order valence-electron chi connectivity index (χ1n) is 8.51. The van der Waals surface area contributed by atoms with Gasteiger partial charge in [0.1, 0.15) is 11.5 Å². The summed E-state index contributed by atoms with van der Waals surface area (Å²) in [7, 11) is 0. The van der Waals surface area contributed by atoms with Crippen molar-refractivity contribution in [3.8, 4) is 0 Å². The number of morpholine rings is 1. The summed E-state index contributed by atoms with van der Waals surface area (Å²) >= 11 is 0. The number of aryl methyl sites for hydroxylation is 1. The number of carbonyl (C=O) groups is 1. The van der Waals surface area contributed by atoms with E-state index in [1.165, 1.54) is 0 Å². The van der Waals surface area contributed by atoms with E-state index in [0.717, 1.165) is 50.9 Å². The van der Waals surface area contributed by atoms with Crippen LogP contribution in [0.25, 0.3) is 0 Å². The molecule has 3 heterocycles. The molecule has 0 bridgehead atoms. The summed E-state index contributed by atoms with van der Waals surface area (Å²) in [6, 6.07) is 4.07. The average Bonchev–Trinajstić information content (AvgIpc) is 2.93. The van der Waals surface area contributed by atoms with Crippen LogP contribution >= 0.6 is 24.8 Å². The lowest BCUT2D eigenvalue weighted by atomic mass is 9.88. The molecule has 25 heavy (non-hydrogen) atoms. The summed E-state index contributed by atoms with van der Waals surface area (Å²) in [5, 5.41) is 6.35. The highest BCUT2D eigenvalue weighted by molar-refractivity contribution is 5.85. The molecular formula is C17H29Cl2N3O3. The molecule has 2 atom stereocenters. The van der Waals surface area contributed by atoms with Gasteiger partial charge in [0, 0.05) is 25.6 Å². The second-order valence-electron chi connectivity index (χ2n) is 6.56. The molecule has 144 valence electrons. The van der Waals surface area contributed by atoms with Gasteiger partial charge in [-0.2, -0.15) is 0 Å². The van der Waals surface area contributed by atoms with Crippen molar-refractivity contribution in [1.82, 2.24) is 15.5 Å². The number of carbonyl (C=O) groups excluding carboxylic acids is 1. The molecule has 1 aromatic rings. The number of nitrogens with zero attached hydrogens (tertiary/aromatic N) is 1. The molecule has 2 N–H and O–H groups in total. The minimum atomic E-state index is 0. The van der Waals surface area contributed by atoms with Crippen LogP contribution in [-0.2, 0) is 9.53 Å². The van der Waals surface area contributed by atoms with Gasteiger partial charge in [0.25, 0.3) is 0 Å². The van der Waals surface area contributed by atoms with Crippen LogP contribution in [0.1, 0.15) is 24.5 Å². The van der Waals surface area contributed by atoms with E-state index < -0.39 is 0 Å². The highest BCUT2D eigenvalue weighted by atomic mass is 35.5. The van der Waals surface area contributed by atoms with Crippen molar-refractivity contribution >= 4 is 30.7 Å². The summed E-state index contributed by atoms with van der Waals surface area (Å²) < 4.78 is 11.3. The van der Waals surface area contributed by atoms with Gasteiger partial charge < -0.3 is 19.8 Å². The fourth-order valence-electron chi connectivity index (χ4n) is 3.17. The van der Waals surface area contributed by atoms with Crippen LogP contribution in [0.5, 0.6) is 0 Å². The standard InChI is InChI=1S/C17H27N3O3.2ClH/c1-12-3-4-16(23-12)15(20-5-7-22-8-6-20)11-19-17(21)13(2)14-9-18-10-14;;/h3-4,13-15,18H,5-11H2,1-2H3,(H,19,21);2*1H. The van der Waals surface area contributed by atoms with Gasteiger partial charge in [-0.05, 0) is 38.1 Å². The molecule has 2 saturated heterocycles. The first-order valence-corrected chi connectivity index (χ1v) is 8.51. The summed E-state index contributed by atoms with van der Waals surface area (Å²) in [6.45, 7) is 9.62. The van der Waals surface area contributed by atoms with E-state index in [9.17, 15) is 4.79 Å². The van der Waals surface area contributed by atoms with Crippen molar-refractivity contribution in [2.45, 2.75) is 19.9 Å². The van der Waals surface area contributed by atoms with Crippen molar-refractivity contribution in [2.75, 3.05) is 45.9 Å². The minimum Gasteiger partial charge on any atom is -0.465 e. The number of hydrogen-bond acceptors (Lipinski definition) is 5. The van der Waals surface area contributed by atoms with E-state index in [1.54, 1.807) is 0 Å². The summed E-state index contributed by atoms with van der Waals surface area (Å²) in [5.41, 5.74) is 0. The third-order valence-electron chi connectivity index (χ3n) is 4.98. The molecule has 2 fully saturated rings. The smallest absolute Gasteiger partial charge is 0.223 e. The van der Waals surface area contributed by atoms with E-state index in [1.807, 2.05) is 26.0 Å². The summed E-state index contributed by atoms with van der Waals surface area (Å²) in [6.07, 6.45) is 0. The molecular weight excluding hydrogens is 365 g/mol. The van der Waals surface area contributed by atoms with Gasteiger partial charge in [0.15, 0.2) is 0 Å². The second kappa shape index (κ2) is 10.4. The third kappa shape index (κ3) is 5.59. The average molecular weight is 394 g/mol. The topological polar surface area (TPSA) is 66.7 Å². The Balaban J connectivity index is 0.00000156. The van der Waals surface area contributed by atoms with E-state index in [4.69, 9.17) is 9.15 Å². The monoisotopic (exact) mass is 393 g/mol. The van der Waals surface area contributed by atoms with Crippen LogP contribution in [-0.4, -0.2) is 56.7 Å². The molecule has 0 spiro atoms. The molecule has 1 aromatic heterocycles. The van der Waals surface area contributed by atoms with Crippen LogP contribution in [0.2, 0.25) is 0 Å². The van der Waals surface area contributed by atoms with Crippen LogP contribution in [0.4, 0.5) is 0 Å². The predicted octanol–water partition coefficient (Wildman–Crippen LogP) is 1.78. The fourth-order valence-corrected chi connectivity index (χ4v) is 3.17. The Morgan fingerprint density at radius 2 is 2.00 bits per heavy atom. The Labute approximate surface area is 161 Å². The van der Waals surface area contributed by atoms with E-state index >= 15 is 0 Å². The number of hydrogen-bond donors (Lipinski definition) is 2. The van der Waals surface area contributed by atoms with Gasteiger partial charge in [-0.15, -0.1) is 24.8 Å². The lowest BCUT2D eigenvalue weighted by Gasteiger charge is -2.35. The quantitative estimate of drug-likeness (QED) is 0.770. The van der Waals surface area contributed by atoms with Gasteiger partial charge >= 0.3 is 0 Å². The highest BCUT2D eigenvalue weighted by Gasteiger charge is 2.30. The maximum atomic E-state index is 12.4. The van der Waals surface area contributed by atoms with Crippen molar-refractivity contribution < 1.29 is 13.9 Å². The van der Waals surface area contributed by atoms with E-state index in [2.05, 4.69) is 15.5 Å². The van der Waals surface area contributed by atoms with Gasteiger partial charge in [-0.1, -0.05) is 6.92 Å². The Kier molecular flexibility index (Phi) is 9.24. The summed E-state index contributed by atoms with van der Waals surface area (Å²) in [5.74, 6) is 2.47. The first-order chi connectivity index (χ1) is 11.1. The molecule has 2 aliphatic heterocycles. The SMILES string of the molecule is Cc1ccc(C(CNC(=O)C(C)C2CNC2)N2CCOCC2)o1.Cl.Cl. The normalized spacial score (nSPS) is 20.6. The number of rotatable bonds is 6. The maximum Gasteiger partial charge on any atom is 0.223 e. The largest absolute Gasteiger partial charge is 0.465 e. The molecule has 2 unspecified atom stereocenters. The molecule has 0 aliphatic carbocycles. The Morgan fingerprint density at radius 3 is 2.52 bits per heavy atom. The molecule has 6 nitrogen and oxygen atoms in total. The van der Waals surface area contributed by atoms with Crippen molar-refractivity contribution in [3.05, 3.63) is 23.7 Å². The van der Waals surface area contributed by atoms with Crippen molar-refractivity contribution in [1.29, 1.82) is 0 Å². The van der Waals surface area contributed by atoms with Gasteiger partial charge in [0.2, 0.25) is 5.91 Å². The molecule has 8 heteroatoms. The fraction of sp³-hybridized carbons (Fsp3) is 0.706. The predicted molar refractivity (Wildman–Crippen MR) is 102 cm³/mol. The molecule has 2 aliphatic rings. The Hall–Kier alpha value is -0.790. The van der Waals surface area contributed by atoms with Crippen LogP contribution in [0.15, 0.2) is 16.5 Å². The zero-order valence-corrected chi connectivity index (χ0v) is 16.5. The third-order valence-corrected chi connectivity index (χ3v) is 4.98. The van der Waals surface area contributed by atoms with Crippen LogP contribution < -0.4 is 10.6 Å². The first kappa shape index (κ1) is 22.3.